The van der Waals surface area contributed by atoms with Crippen molar-refractivity contribution in [3.8, 4) is 0 Å². The van der Waals surface area contributed by atoms with E-state index in [4.69, 9.17) is 9.84 Å². The van der Waals surface area contributed by atoms with E-state index in [1.54, 1.807) is 0 Å². The first-order valence-corrected chi connectivity index (χ1v) is 12.7. The molecule has 0 radical (unpaired) electrons. The highest BCUT2D eigenvalue weighted by Gasteiger charge is 2.65. The van der Waals surface area contributed by atoms with Crippen molar-refractivity contribution in [2.75, 3.05) is 0 Å². The summed E-state index contributed by atoms with van der Waals surface area (Å²) in [6.07, 6.45) is 6.05. The summed E-state index contributed by atoms with van der Waals surface area (Å²) in [4.78, 5) is 22.6. The lowest BCUT2D eigenvalue weighted by molar-refractivity contribution is -0.209. The largest absolute Gasteiger partial charge is 0.481 e. The predicted molar refractivity (Wildman–Crippen MR) is 120 cm³/mol. The number of ether oxygens (including phenoxy) is 1. The van der Waals surface area contributed by atoms with E-state index in [-0.39, 0.29) is 59.1 Å². The van der Waals surface area contributed by atoms with Gasteiger partial charge in [-0.15, -0.1) is 0 Å². The lowest BCUT2D eigenvalue weighted by Gasteiger charge is -2.63. The molecule has 4 aliphatic rings. The Labute approximate surface area is 192 Å². The summed E-state index contributed by atoms with van der Waals surface area (Å²) >= 11 is 0. The van der Waals surface area contributed by atoms with Crippen LogP contribution in [0.3, 0.4) is 0 Å². The van der Waals surface area contributed by atoms with E-state index < -0.39 is 12.1 Å². The van der Waals surface area contributed by atoms with Gasteiger partial charge in [0.2, 0.25) is 0 Å². The fourth-order valence-electron chi connectivity index (χ4n) is 9.01. The maximum Gasteiger partial charge on any atom is 0.303 e. The SMILES string of the molecule is CC(=O)OC1CCC2(C)C(C1)CC(O)C1C2CC(O)C2(C)C(C(C)CCC(=O)O)CCC12. The highest BCUT2D eigenvalue weighted by molar-refractivity contribution is 5.66. The van der Waals surface area contributed by atoms with E-state index in [0.717, 1.165) is 38.5 Å². The topological polar surface area (TPSA) is 104 Å². The van der Waals surface area contributed by atoms with Crippen LogP contribution in [0.25, 0.3) is 0 Å². The van der Waals surface area contributed by atoms with Gasteiger partial charge in [-0.3, -0.25) is 9.59 Å². The van der Waals surface area contributed by atoms with Gasteiger partial charge < -0.3 is 20.1 Å². The average Bonchev–Trinajstić information content (AvgIpc) is 3.06. The fourth-order valence-corrected chi connectivity index (χ4v) is 9.01. The number of carboxylic acid groups (broad SMARTS) is 1. The lowest BCUT2D eigenvalue weighted by atomic mass is 9.43. The van der Waals surface area contributed by atoms with Gasteiger partial charge in [-0.1, -0.05) is 20.8 Å². The Balaban J connectivity index is 1.56. The minimum Gasteiger partial charge on any atom is -0.481 e. The Morgan fingerprint density at radius 3 is 2.44 bits per heavy atom. The molecule has 0 aromatic rings. The van der Waals surface area contributed by atoms with Crippen molar-refractivity contribution < 1.29 is 29.6 Å². The molecule has 6 heteroatoms. The molecule has 0 heterocycles. The molecule has 0 aromatic heterocycles. The summed E-state index contributed by atoms with van der Waals surface area (Å²) in [7, 11) is 0. The number of carbonyl (C=O) groups is 2. The van der Waals surface area contributed by atoms with Gasteiger partial charge in [0.15, 0.2) is 0 Å². The second kappa shape index (κ2) is 8.57. The van der Waals surface area contributed by atoms with Crippen molar-refractivity contribution in [3.63, 3.8) is 0 Å². The van der Waals surface area contributed by atoms with E-state index >= 15 is 0 Å². The van der Waals surface area contributed by atoms with Gasteiger partial charge in [0, 0.05) is 13.3 Å². The Kier molecular flexibility index (Phi) is 6.43. The molecule has 4 fully saturated rings. The standard InChI is InChI=1S/C26H42O6/c1-14(5-8-23(30)31)18-6-7-19-24-20(13-22(29)26(18,19)4)25(3)10-9-17(32-15(2)27)11-16(25)12-21(24)28/h14,16-22,24,28-29H,5-13H2,1-4H3,(H,30,31). The van der Waals surface area contributed by atoms with Crippen LogP contribution in [0.1, 0.15) is 85.5 Å². The van der Waals surface area contributed by atoms with Gasteiger partial charge in [0.25, 0.3) is 0 Å². The monoisotopic (exact) mass is 450 g/mol. The summed E-state index contributed by atoms with van der Waals surface area (Å²) in [5.74, 6) is 0.586. The van der Waals surface area contributed by atoms with Crippen molar-refractivity contribution in [2.24, 2.45) is 46.3 Å². The quantitative estimate of drug-likeness (QED) is 0.547. The molecule has 0 saturated heterocycles. The molecule has 4 aliphatic carbocycles. The molecule has 3 N–H and O–H groups in total. The normalized spacial score (nSPS) is 48.8. The first-order valence-electron chi connectivity index (χ1n) is 12.7. The molecule has 6 nitrogen and oxygen atoms in total. The van der Waals surface area contributed by atoms with Crippen LogP contribution in [0, 0.1) is 46.3 Å². The number of aliphatic hydroxyl groups is 2. The Bertz CT molecular complexity index is 738. The van der Waals surface area contributed by atoms with Crippen LogP contribution in [-0.2, 0) is 14.3 Å². The second-order valence-corrected chi connectivity index (χ2v) is 12.0. The van der Waals surface area contributed by atoms with Crippen molar-refractivity contribution in [1.29, 1.82) is 0 Å². The number of aliphatic carboxylic acids is 1. The number of carbonyl (C=O) groups excluding carboxylic acids is 1. The number of hydrogen-bond donors (Lipinski definition) is 3. The zero-order chi connectivity index (χ0) is 23.4. The van der Waals surface area contributed by atoms with Crippen LogP contribution in [0.4, 0.5) is 0 Å². The Morgan fingerprint density at radius 1 is 1.06 bits per heavy atom. The zero-order valence-corrected chi connectivity index (χ0v) is 20.1. The highest BCUT2D eigenvalue weighted by Crippen LogP contribution is 2.68. The van der Waals surface area contributed by atoms with E-state index in [1.165, 1.54) is 6.92 Å². The summed E-state index contributed by atoms with van der Waals surface area (Å²) in [5.41, 5.74) is -0.214. The maximum atomic E-state index is 11.6. The number of aliphatic hydroxyl groups excluding tert-OH is 2. The predicted octanol–water partition coefficient (Wildman–Crippen LogP) is 4.02. The summed E-state index contributed by atoms with van der Waals surface area (Å²) in [5, 5.41) is 32.1. The molecule has 0 spiro atoms. The first kappa shape index (κ1) is 24.0. The molecule has 0 bridgehead atoms. The molecule has 0 amide bonds. The highest BCUT2D eigenvalue weighted by atomic mass is 16.5. The smallest absolute Gasteiger partial charge is 0.303 e. The maximum absolute atomic E-state index is 11.6. The van der Waals surface area contributed by atoms with Gasteiger partial charge >= 0.3 is 11.9 Å². The van der Waals surface area contributed by atoms with Crippen LogP contribution in [0.2, 0.25) is 0 Å². The molecule has 4 saturated carbocycles. The van der Waals surface area contributed by atoms with Crippen molar-refractivity contribution in [2.45, 2.75) is 104 Å². The van der Waals surface area contributed by atoms with E-state index in [9.17, 15) is 19.8 Å². The lowest BCUT2D eigenvalue weighted by Crippen LogP contribution is -2.62. The Morgan fingerprint density at radius 2 is 1.78 bits per heavy atom. The third-order valence-corrected chi connectivity index (χ3v) is 10.6. The number of esters is 1. The third-order valence-electron chi connectivity index (χ3n) is 10.6. The molecule has 11 atom stereocenters. The fraction of sp³-hybridized carbons (Fsp3) is 0.923. The zero-order valence-electron chi connectivity index (χ0n) is 20.1. The van der Waals surface area contributed by atoms with E-state index in [2.05, 4.69) is 20.8 Å². The van der Waals surface area contributed by atoms with Crippen LogP contribution >= 0.6 is 0 Å². The molecule has 11 unspecified atom stereocenters. The van der Waals surface area contributed by atoms with Gasteiger partial charge in [0.1, 0.15) is 6.10 Å². The van der Waals surface area contributed by atoms with Crippen molar-refractivity contribution in [3.05, 3.63) is 0 Å². The number of hydrogen-bond acceptors (Lipinski definition) is 5. The average molecular weight is 451 g/mol. The van der Waals surface area contributed by atoms with Crippen LogP contribution in [0.5, 0.6) is 0 Å². The number of carboxylic acids is 1. The summed E-state index contributed by atoms with van der Waals surface area (Å²) in [6.45, 7) is 8.17. The van der Waals surface area contributed by atoms with E-state index in [1.807, 2.05) is 0 Å². The molecule has 32 heavy (non-hydrogen) atoms. The van der Waals surface area contributed by atoms with Gasteiger partial charge in [-0.05, 0) is 97.7 Å². The molecule has 182 valence electrons. The third kappa shape index (κ3) is 3.79. The molecular formula is C26H42O6. The van der Waals surface area contributed by atoms with Gasteiger partial charge in [-0.2, -0.15) is 0 Å². The minimum absolute atomic E-state index is 0.0515. The second-order valence-electron chi connectivity index (χ2n) is 12.0. The van der Waals surface area contributed by atoms with Crippen molar-refractivity contribution in [1.82, 2.24) is 0 Å². The molecule has 0 aromatic carbocycles. The Hall–Kier alpha value is -1.14. The van der Waals surface area contributed by atoms with Crippen LogP contribution < -0.4 is 0 Å². The minimum atomic E-state index is -0.758. The first-order chi connectivity index (χ1) is 15.0. The van der Waals surface area contributed by atoms with Crippen LogP contribution in [-0.4, -0.2) is 45.6 Å². The summed E-state index contributed by atoms with van der Waals surface area (Å²) < 4.78 is 5.53. The van der Waals surface area contributed by atoms with E-state index in [0.29, 0.717) is 24.7 Å². The van der Waals surface area contributed by atoms with Gasteiger partial charge in [0.05, 0.1) is 12.2 Å². The number of rotatable bonds is 5. The van der Waals surface area contributed by atoms with Gasteiger partial charge in [-0.25, -0.2) is 0 Å². The summed E-state index contributed by atoms with van der Waals surface area (Å²) in [6, 6.07) is 0. The van der Waals surface area contributed by atoms with Crippen molar-refractivity contribution >= 4 is 11.9 Å². The molecule has 0 aliphatic heterocycles. The number of fused-ring (bicyclic) bond motifs is 5. The molecule has 4 rings (SSSR count). The van der Waals surface area contributed by atoms with Crippen LogP contribution in [0.15, 0.2) is 0 Å². The molecular weight excluding hydrogens is 408 g/mol.